The van der Waals surface area contributed by atoms with Crippen molar-refractivity contribution in [1.29, 1.82) is 0 Å². The Labute approximate surface area is 190 Å². The summed E-state index contributed by atoms with van der Waals surface area (Å²) in [4.78, 5) is 43.3. The van der Waals surface area contributed by atoms with E-state index in [1.165, 1.54) is 0 Å². The lowest BCUT2D eigenvalue weighted by Crippen LogP contribution is -2.49. The summed E-state index contributed by atoms with van der Waals surface area (Å²) in [5, 5.41) is 14.8. The van der Waals surface area contributed by atoms with Crippen LogP contribution in [0.15, 0.2) is 12.2 Å². The van der Waals surface area contributed by atoms with Crippen LogP contribution in [0.4, 0.5) is 0 Å². The molecule has 3 amide bonds. The number of hydrogen-bond acceptors (Lipinski definition) is 6. The third-order valence-corrected chi connectivity index (χ3v) is 6.98. The molecule has 0 spiro atoms. The van der Waals surface area contributed by atoms with Crippen LogP contribution >= 0.6 is 0 Å². The van der Waals surface area contributed by atoms with E-state index in [1.54, 1.807) is 11.9 Å². The number of fused-ring (bicyclic) bond motifs is 1. The molecule has 3 aliphatic rings. The monoisotopic (exact) mass is 450 g/mol. The molecule has 2 aliphatic heterocycles. The quantitative estimate of drug-likeness (QED) is 0.309. The second-order valence-corrected chi connectivity index (χ2v) is 8.99. The van der Waals surface area contributed by atoms with Crippen LogP contribution in [0.5, 0.6) is 0 Å². The lowest BCUT2D eigenvalue weighted by molar-refractivity contribution is -0.140. The van der Waals surface area contributed by atoms with Crippen molar-refractivity contribution in [1.82, 2.24) is 20.4 Å². The molecule has 9 nitrogen and oxygen atoms in total. The Bertz CT molecular complexity index is 694. The Balaban J connectivity index is 1.73. The first-order valence-corrected chi connectivity index (χ1v) is 11.9. The van der Waals surface area contributed by atoms with Crippen LogP contribution in [-0.2, 0) is 19.1 Å². The van der Waals surface area contributed by atoms with Gasteiger partial charge in [-0.15, -0.1) is 0 Å². The second-order valence-electron chi connectivity index (χ2n) is 8.99. The molecule has 0 bridgehead atoms. The number of aliphatic hydroxyl groups is 1. The molecule has 2 saturated heterocycles. The van der Waals surface area contributed by atoms with E-state index in [1.807, 2.05) is 19.1 Å². The number of nitrogens with zero attached hydrogens (tertiary/aromatic N) is 2. The predicted octanol–water partition coefficient (Wildman–Crippen LogP) is -0.391. The van der Waals surface area contributed by atoms with Gasteiger partial charge in [0.05, 0.1) is 25.0 Å². The number of carbonyl (C=O) groups excluding carboxylic acids is 3. The number of hydrogen-bond donors (Lipinski definition) is 3. The Hall–Kier alpha value is -1.97. The van der Waals surface area contributed by atoms with Gasteiger partial charge in [-0.25, -0.2) is 0 Å². The molecule has 0 aromatic rings. The van der Waals surface area contributed by atoms with E-state index < -0.39 is 17.9 Å². The number of likely N-dealkylation sites (tertiary alicyclic amines) is 1. The van der Waals surface area contributed by atoms with Crippen molar-refractivity contribution >= 4 is 17.7 Å². The first-order valence-electron chi connectivity index (χ1n) is 11.9. The van der Waals surface area contributed by atoms with Crippen LogP contribution < -0.4 is 10.6 Å². The number of carbonyl (C=O) groups is 3. The second kappa shape index (κ2) is 11.8. The van der Waals surface area contributed by atoms with Crippen LogP contribution in [0.2, 0.25) is 0 Å². The van der Waals surface area contributed by atoms with Gasteiger partial charge in [0.25, 0.3) is 0 Å². The number of unbranched alkanes of at least 4 members (excludes halogenated alkanes) is 2. The van der Waals surface area contributed by atoms with Crippen LogP contribution in [0.25, 0.3) is 0 Å². The van der Waals surface area contributed by atoms with Gasteiger partial charge in [0.15, 0.2) is 0 Å². The molecule has 0 aromatic carbocycles. The molecule has 0 aromatic heterocycles. The van der Waals surface area contributed by atoms with Crippen molar-refractivity contribution in [2.75, 3.05) is 59.6 Å². The fourth-order valence-corrected chi connectivity index (χ4v) is 5.24. The summed E-state index contributed by atoms with van der Waals surface area (Å²) >= 11 is 0. The van der Waals surface area contributed by atoms with Gasteiger partial charge >= 0.3 is 0 Å². The van der Waals surface area contributed by atoms with E-state index in [0.29, 0.717) is 39.1 Å². The minimum atomic E-state index is -0.609. The maximum Gasteiger partial charge on any atom is 0.243 e. The summed E-state index contributed by atoms with van der Waals surface area (Å²) in [5.74, 6) is -1.81. The van der Waals surface area contributed by atoms with Gasteiger partial charge in [-0.05, 0) is 25.2 Å². The molecule has 9 heteroatoms. The van der Waals surface area contributed by atoms with E-state index in [4.69, 9.17) is 9.84 Å². The fraction of sp³-hybridized carbons (Fsp3) is 0.783. The highest BCUT2D eigenvalue weighted by molar-refractivity contribution is 5.96. The van der Waals surface area contributed by atoms with Crippen LogP contribution in [0, 0.1) is 23.7 Å². The number of rotatable bonds is 10. The Morgan fingerprint density at radius 2 is 1.88 bits per heavy atom. The molecule has 0 radical (unpaired) electrons. The van der Waals surface area contributed by atoms with E-state index in [0.717, 1.165) is 26.1 Å². The first-order chi connectivity index (χ1) is 15.5. The third kappa shape index (κ3) is 5.50. The molecule has 0 saturated carbocycles. The molecule has 3 rings (SSSR count). The Morgan fingerprint density at radius 3 is 2.56 bits per heavy atom. The smallest absolute Gasteiger partial charge is 0.243 e. The van der Waals surface area contributed by atoms with Gasteiger partial charge in [-0.1, -0.05) is 19.1 Å². The highest BCUT2D eigenvalue weighted by Crippen LogP contribution is 2.44. The minimum Gasteiger partial charge on any atom is -0.396 e. The molecular weight excluding hydrogens is 412 g/mol. The minimum absolute atomic E-state index is 0.0699. The third-order valence-electron chi connectivity index (χ3n) is 6.98. The van der Waals surface area contributed by atoms with E-state index >= 15 is 0 Å². The lowest BCUT2D eigenvalue weighted by Gasteiger charge is -2.32. The van der Waals surface area contributed by atoms with Crippen LogP contribution in [-0.4, -0.2) is 98.3 Å². The maximum atomic E-state index is 13.5. The summed E-state index contributed by atoms with van der Waals surface area (Å²) in [6.07, 6.45) is 6.10. The van der Waals surface area contributed by atoms with Gasteiger partial charge < -0.3 is 25.4 Å². The van der Waals surface area contributed by atoms with E-state index in [-0.39, 0.29) is 36.2 Å². The molecule has 5 atom stereocenters. The molecule has 180 valence electrons. The summed E-state index contributed by atoms with van der Waals surface area (Å²) in [6.45, 7) is 6.90. The number of amides is 3. The SMILES string of the molecule is CNC(=O)[C@H]1[C@@H]2C(=O)N(CCCCCO)[C@H](C(=O)NCCN3CCOCC3)[C@H]2C=C[C@H]1C. The molecular formula is C23H38N4O5. The summed E-state index contributed by atoms with van der Waals surface area (Å²) < 4.78 is 5.37. The van der Waals surface area contributed by atoms with Gasteiger partial charge in [-0.3, -0.25) is 19.3 Å². The fourth-order valence-electron chi connectivity index (χ4n) is 5.24. The molecule has 0 unspecified atom stereocenters. The zero-order valence-electron chi connectivity index (χ0n) is 19.3. The highest BCUT2D eigenvalue weighted by atomic mass is 16.5. The summed E-state index contributed by atoms with van der Waals surface area (Å²) in [7, 11) is 1.59. The number of ether oxygens (including phenoxy) is 1. The average molecular weight is 451 g/mol. The summed E-state index contributed by atoms with van der Waals surface area (Å²) in [5.41, 5.74) is 0. The molecule has 1 aliphatic carbocycles. The van der Waals surface area contributed by atoms with E-state index in [9.17, 15) is 14.4 Å². The predicted molar refractivity (Wildman–Crippen MR) is 120 cm³/mol. The number of nitrogens with one attached hydrogen (secondary N) is 2. The van der Waals surface area contributed by atoms with Gasteiger partial charge in [0, 0.05) is 52.3 Å². The Kier molecular flexibility index (Phi) is 9.07. The van der Waals surface area contributed by atoms with Crippen molar-refractivity contribution in [3.05, 3.63) is 12.2 Å². The molecule has 2 fully saturated rings. The Morgan fingerprint density at radius 1 is 1.12 bits per heavy atom. The van der Waals surface area contributed by atoms with Crippen LogP contribution in [0.3, 0.4) is 0 Å². The molecule has 2 heterocycles. The van der Waals surface area contributed by atoms with Gasteiger partial charge in [0.1, 0.15) is 6.04 Å². The number of aliphatic hydroxyl groups excluding tert-OH is 1. The van der Waals surface area contributed by atoms with Crippen molar-refractivity contribution in [2.24, 2.45) is 23.7 Å². The lowest BCUT2D eigenvalue weighted by atomic mass is 9.70. The normalized spacial score (nSPS) is 30.3. The highest BCUT2D eigenvalue weighted by Gasteiger charge is 2.56. The van der Waals surface area contributed by atoms with Crippen LogP contribution in [0.1, 0.15) is 26.2 Å². The zero-order chi connectivity index (χ0) is 23.1. The maximum absolute atomic E-state index is 13.5. The molecule has 32 heavy (non-hydrogen) atoms. The zero-order valence-corrected chi connectivity index (χ0v) is 19.3. The molecule has 3 N–H and O–H groups in total. The van der Waals surface area contributed by atoms with Crippen molar-refractivity contribution in [3.63, 3.8) is 0 Å². The van der Waals surface area contributed by atoms with Crippen molar-refractivity contribution in [3.8, 4) is 0 Å². The number of morpholine rings is 1. The average Bonchev–Trinajstić information content (AvgIpc) is 3.08. The van der Waals surface area contributed by atoms with Crippen molar-refractivity contribution in [2.45, 2.75) is 32.2 Å². The number of allylic oxidation sites excluding steroid dienone is 1. The van der Waals surface area contributed by atoms with Crippen molar-refractivity contribution < 1.29 is 24.2 Å². The topological polar surface area (TPSA) is 111 Å². The largest absolute Gasteiger partial charge is 0.396 e. The van der Waals surface area contributed by atoms with Gasteiger partial charge in [0.2, 0.25) is 17.7 Å². The van der Waals surface area contributed by atoms with E-state index in [2.05, 4.69) is 15.5 Å². The standard InChI is InChI=1S/C23H38N4O5/c1-16-6-7-17-19(18(16)21(29)24-2)23(31)27(9-4-3-5-13-28)20(17)22(30)25-8-10-26-11-14-32-15-12-26/h6-7,16-20,28H,3-5,8-15H2,1-2H3,(H,24,29)(H,25,30)/t16-,17+,18-,19-,20+/m1/s1. The first kappa shape index (κ1) is 24.7. The van der Waals surface area contributed by atoms with Gasteiger partial charge in [-0.2, -0.15) is 0 Å². The summed E-state index contributed by atoms with van der Waals surface area (Å²) in [6, 6.07) is -0.609.